The minimum Gasteiger partial charge on any atom is -0.328 e. The van der Waals surface area contributed by atoms with Crippen LogP contribution in [0.15, 0.2) is 103 Å². The molecule has 170 valence electrons. The van der Waals surface area contributed by atoms with E-state index in [-0.39, 0.29) is 17.4 Å². The third-order valence-electron chi connectivity index (χ3n) is 5.98. The first-order chi connectivity index (χ1) is 17.1. The number of thiazole rings is 1. The Morgan fingerprint density at radius 3 is 1.77 bits per heavy atom. The van der Waals surface area contributed by atoms with Crippen molar-refractivity contribution in [2.75, 3.05) is 10.0 Å². The fourth-order valence-electron chi connectivity index (χ4n) is 4.31. The van der Waals surface area contributed by atoms with Gasteiger partial charge in [-0.15, -0.1) is 11.3 Å². The molecule has 5 aromatic rings. The van der Waals surface area contributed by atoms with Crippen LogP contribution < -0.4 is 10.0 Å². The number of hydrogen-bond acceptors (Lipinski definition) is 4. The number of nitrogens with zero attached hydrogens (tertiary/aromatic N) is 4. The predicted octanol–water partition coefficient (Wildman–Crippen LogP) is 5.68. The van der Waals surface area contributed by atoms with E-state index >= 15 is 0 Å². The maximum atomic E-state index is 13.5. The summed E-state index contributed by atoms with van der Waals surface area (Å²) in [5.41, 5.74) is 4.32. The quantitative estimate of drug-likeness (QED) is 0.248. The Balaban J connectivity index is 1.42. The van der Waals surface area contributed by atoms with Gasteiger partial charge in [-0.2, -0.15) is 0 Å². The molecule has 0 unspecified atom stereocenters. The van der Waals surface area contributed by atoms with Gasteiger partial charge in [-0.3, -0.25) is 9.59 Å². The molecule has 0 aliphatic carbocycles. The Kier molecular flexibility index (Phi) is 5.04. The standard InChI is InChI=1S/C28H20N4O2S/c1-30-23(19-11-5-2-6-12-19)18-24-26(30)29-25(35-24)17-22-27(33)31(20-13-7-3-8-14-20)32(28(22)34)21-15-9-4-10-16-21/h2-18H,1H3. The summed E-state index contributed by atoms with van der Waals surface area (Å²) in [7, 11) is 1.97. The van der Waals surface area contributed by atoms with Crippen LogP contribution in [-0.2, 0) is 16.6 Å². The molecule has 1 aliphatic heterocycles. The largest absolute Gasteiger partial charge is 0.328 e. The topological polar surface area (TPSA) is 58.4 Å². The van der Waals surface area contributed by atoms with E-state index in [1.54, 1.807) is 6.08 Å². The van der Waals surface area contributed by atoms with Gasteiger partial charge < -0.3 is 4.57 Å². The lowest BCUT2D eigenvalue weighted by Gasteiger charge is -2.27. The van der Waals surface area contributed by atoms with Crippen LogP contribution in [0.4, 0.5) is 11.4 Å². The molecule has 1 saturated heterocycles. The van der Waals surface area contributed by atoms with Crippen LogP contribution in [0, 0.1) is 0 Å². The van der Waals surface area contributed by atoms with Gasteiger partial charge in [0.15, 0.2) is 5.65 Å². The zero-order valence-electron chi connectivity index (χ0n) is 18.8. The number of amides is 2. The number of rotatable bonds is 4. The van der Waals surface area contributed by atoms with E-state index in [4.69, 9.17) is 4.98 Å². The normalized spacial score (nSPS) is 13.8. The van der Waals surface area contributed by atoms with E-state index in [9.17, 15) is 9.59 Å². The van der Waals surface area contributed by atoms with Crippen LogP contribution in [-0.4, -0.2) is 21.4 Å². The van der Waals surface area contributed by atoms with E-state index in [1.165, 1.54) is 21.4 Å². The molecule has 2 aromatic heterocycles. The zero-order chi connectivity index (χ0) is 23.9. The van der Waals surface area contributed by atoms with Crippen molar-refractivity contribution in [1.82, 2.24) is 9.55 Å². The number of para-hydroxylation sites is 2. The molecule has 6 nitrogen and oxygen atoms in total. The highest BCUT2D eigenvalue weighted by atomic mass is 32.1. The highest BCUT2D eigenvalue weighted by Crippen LogP contribution is 2.35. The summed E-state index contributed by atoms with van der Waals surface area (Å²) >= 11 is 1.46. The van der Waals surface area contributed by atoms with Crippen molar-refractivity contribution in [1.29, 1.82) is 0 Å². The molecule has 1 aliphatic rings. The predicted molar refractivity (Wildman–Crippen MR) is 140 cm³/mol. The molecule has 35 heavy (non-hydrogen) atoms. The van der Waals surface area contributed by atoms with Crippen LogP contribution in [0.1, 0.15) is 5.01 Å². The molecule has 3 aromatic carbocycles. The second kappa shape index (κ2) is 8.38. The molecule has 3 heterocycles. The molecule has 1 fully saturated rings. The number of anilines is 2. The van der Waals surface area contributed by atoms with Gasteiger partial charge in [0.1, 0.15) is 10.6 Å². The van der Waals surface area contributed by atoms with Crippen LogP contribution in [0.3, 0.4) is 0 Å². The average Bonchev–Trinajstić information content (AvgIpc) is 3.52. The summed E-state index contributed by atoms with van der Waals surface area (Å²) in [6.45, 7) is 0. The second-order valence-electron chi connectivity index (χ2n) is 8.16. The van der Waals surface area contributed by atoms with Gasteiger partial charge in [-0.1, -0.05) is 66.7 Å². The first kappa shape index (κ1) is 21.1. The molecule has 2 amide bonds. The van der Waals surface area contributed by atoms with Gasteiger partial charge in [0.25, 0.3) is 11.8 Å². The molecule has 0 spiro atoms. The van der Waals surface area contributed by atoms with Crippen molar-refractivity contribution in [3.63, 3.8) is 0 Å². The molecular weight excluding hydrogens is 456 g/mol. The van der Waals surface area contributed by atoms with Gasteiger partial charge in [0.2, 0.25) is 0 Å². The fourth-order valence-corrected chi connectivity index (χ4v) is 5.29. The van der Waals surface area contributed by atoms with Gasteiger partial charge in [0.05, 0.1) is 21.8 Å². The number of aromatic nitrogens is 2. The van der Waals surface area contributed by atoms with Crippen molar-refractivity contribution in [2.45, 2.75) is 0 Å². The summed E-state index contributed by atoms with van der Waals surface area (Å²) in [6.07, 6.45) is 1.61. The van der Waals surface area contributed by atoms with Gasteiger partial charge in [0, 0.05) is 7.05 Å². The number of benzene rings is 3. The Morgan fingerprint density at radius 1 is 0.743 bits per heavy atom. The molecule has 6 rings (SSSR count). The number of carbonyl (C=O) groups excluding carboxylic acids is 2. The smallest absolute Gasteiger partial charge is 0.283 e. The Labute approximate surface area is 206 Å². The van der Waals surface area contributed by atoms with Crippen molar-refractivity contribution >= 4 is 50.9 Å². The summed E-state index contributed by atoms with van der Waals surface area (Å²) < 4.78 is 3.03. The number of aryl methyl sites for hydroxylation is 1. The summed E-state index contributed by atoms with van der Waals surface area (Å²) in [5, 5.41) is 3.46. The minimum absolute atomic E-state index is 0.0834. The molecule has 0 radical (unpaired) electrons. The SMILES string of the molecule is Cn1c(-c2ccccc2)cc2sc(C=C3C(=O)N(c4ccccc4)N(c4ccccc4)C3=O)nc21. The lowest BCUT2D eigenvalue weighted by atomic mass is 10.1. The summed E-state index contributed by atoms with van der Waals surface area (Å²) in [6, 6.07) is 30.6. The lowest BCUT2D eigenvalue weighted by Crippen LogP contribution is -2.41. The molecule has 0 N–H and O–H groups in total. The van der Waals surface area contributed by atoms with Gasteiger partial charge >= 0.3 is 0 Å². The van der Waals surface area contributed by atoms with Gasteiger partial charge in [-0.25, -0.2) is 15.0 Å². The summed E-state index contributed by atoms with van der Waals surface area (Å²) in [4.78, 5) is 31.8. The summed E-state index contributed by atoms with van der Waals surface area (Å²) in [5.74, 6) is -0.761. The van der Waals surface area contributed by atoms with E-state index in [0.717, 1.165) is 21.6 Å². The van der Waals surface area contributed by atoms with E-state index in [2.05, 4.69) is 18.2 Å². The maximum Gasteiger partial charge on any atom is 0.283 e. The Morgan fingerprint density at radius 2 is 1.26 bits per heavy atom. The Bertz CT molecular complexity index is 1530. The number of fused-ring (bicyclic) bond motifs is 1. The van der Waals surface area contributed by atoms with E-state index < -0.39 is 0 Å². The molecule has 0 saturated carbocycles. The molecule has 0 bridgehead atoms. The lowest BCUT2D eigenvalue weighted by molar-refractivity contribution is -0.116. The molecular formula is C28H20N4O2S. The molecule has 0 atom stereocenters. The molecule has 7 heteroatoms. The third-order valence-corrected chi connectivity index (χ3v) is 6.92. The first-order valence-corrected chi connectivity index (χ1v) is 12.0. The van der Waals surface area contributed by atoms with Crippen molar-refractivity contribution < 1.29 is 9.59 Å². The maximum absolute atomic E-state index is 13.5. The third kappa shape index (κ3) is 3.53. The highest BCUT2D eigenvalue weighted by molar-refractivity contribution is 7.19. The van der Waals surface area contributed by atoms with Gasteiger partial charge in [-0.05, 0) is 42.0 Å². The second-order valence-corrected chi connectivity index (χ2v) is 9.22. The van der Waals surface area contributed by atoms with Crippen LogP contribution in [0.5, 0.6) is 0 Å². The van der Waals surface area contributed by atoms with Crippen molar-refractivity contribution in [2.24, 2.45) is 7.05 Å². The monoisotopic (exact) mass is 476 g/mol. The van der Waals surface area contributed by atoms with Crippen LogP contribution >= 0.6 is 11.3 Å². The minimum atomic E-state index is -0.380. The number of carbonyl (C=O) groups is 2. The fraction of sp³-hybridized carbons (Fsp3) is 0.0357. The van der Waals surface area contributed by atoms with E-state index in [0.29, 0.717) is 16.4 Å². The first-order valence-electron chi connectivity index (χ1n) is 11.1. The van der Waals surface area contributed by atoms with E-state index in [1.807, 2.05) is 90.5 Å². The van der Waals surface area contributed by atoms with Crippen molar-refractivity contribution in [3.8, 4) is 11.3 Å². The van der Waals surface area contributed by atoms with Crippen molar-refractivity contribution in [3.05, 3.63) is 108 Å². The van der Waals surface area contributed by atoms with Crippen LogP contribution in [0.25, 0.3) is 27.7 Å². The highest BCUT2D eigenvalue weighted by Gasteiger charge is 2.43. The van der Waals surface area contributed by atoms with Crippen LogP contribution in [0.2, 0.25) is 0 Å². The zero-order valence-corrected chi connectivity index (χ0v) is 19.6. The number of hydrogen-bond donors (Lipinski definition) is 0. The number of hydrazine groups is 1. The Hall–Kier alpha value is -4.49. The average molecular weight is 477 g/mol.